The lowest BCUT2D eigenvalue weighted by molar-refractivity contribution is 0.146. The van der Waals surface area contributed by atoms with Gasteiger partial charge >= 0.3 is 0 Å². The van der Waals surface area contributed by atoms with E-state index in [0.29, 0.717) is 41.9 Å². The van der Waals surface area contributed by atoms with E-state index in [2.05, 4.69) is 15.0 Å². The standard InChI is InChI=1S/C24H28F3N5O2S/c1-14(17-6-5-7-18(22(17)25)23(26)27)29-24-19-12-20(28-13-21(19)31(3)15(2)30-24)16-8-10-32(11-9-16)35(4,33)34/h5-8,12-14,23,33-34H,9-11H2,1-4H3/t14-/m1/s1. The summed E-state index contributed by atoms with van der Waals surface area (Å²) >= 11 is 0. The Labute approximate surface area is 203 Å². The van der Waals surface area contributed by atoms with E-state index in [0.717, 1.165) is 17.2 Å². The Bertz CT molecular complexity index is 1370. The van der Waals surface area contributed by atoms with Crippen molar-refractivity contribution in [1.82, 2.24) is 18.8 Å². The third-order valence-electron chi connectivity index (χ3n) is 6.29. The second-order valence-electron chi connectivity index (χ2n) is 8.64. The van der Waals surface area contributed by atoms with Crippen LogP contribution in [0.15, 0.2) is 41.5 Å². The highest BCUT2D eigenvalue weighted by atomic mass is 32.3. The second-order valence-corrected chi connectivity index (χ2v) is 10.7. The SMILES string of the molecule is Cc1nc(=N[C@H](C)c2cccc(C(F)F)c2F)c2cc(C3=CCN(S(C)(O)O)CC3)ncc2n1C. The Hall–Kier alpha value is -2.73. The summed E-state index contributed by atoms with van der Waals surface area (Å²) in [6, 6.07) is 5.05. The van der Waals surface area contributed by atoms with Crippen LogP contribution in [0.5, 0.6) is 0 Å². The minimum absolute atomic E-state index is 0.0755. The zero-order valence-corrected chi connectivity index (χ0v) is 20.7. The molecule has 0 saturated carbocycles. The summed E-state index contributed by atoms with van der Waals surface area (Å²) in [7, 11) is -0.917. The Kier molecular flexibility index (Phi) is 7.05. The summed E-state index contributed by atoms with van der Waals surface area (Å²) in [4.78, 5) is 13.8. The maximum absolute atomic E-state index is 14.7. The van der Waals surface area contributed by atoms with E-state index in [1.807, 2.05) is 30.7 Å². The third kappa shape index (κ3) is 5.13. The van der Waals surface area contributed by atoms with Gasteiger partial charge in [-0.2, -0.15) is 0 Å². The molecular weight excluding hydrogens is 479 g/mol. The molecule has 0 unspecified atom stereocenters. The Balaban J connectivity index is 1.80. The van der Waals surface area contributed by atoms with Gasteiger partial charge in [-0.15, -0.1) is 10.8 Å². The fourth-order valence-corrected chi connectivity index (χ4v) is 4.94. The lowest BCUT2D eigenvalue weighted by Gasteiger charge is -2.41. The molecule has 0 aliphatic carbocycles. The molecule has 0 radical (unpaired) electrons. The van der Waals surface area contributed by atoms with E-state index in [1.54, 1.807) is 17.4 Å². The van der Waals surface area contributed by atoms with E-state index in [-0.39, 0.29) is 5.56 Å². The first-order valence-electron chi connectivity index (χ1n) is 11.1. The smallest absolute Gasteiger partial charge is 0.266 e. The third-order valence-corrected chi connectivity index (χ3v) is 7.60. The summed E-state index contributed by atoms with van der Waals surface area (Å²) in [5, 5.41) is 0.698. The van der Waals surface area contributed by atoms with Gasteiger partial charge in [0.2, 0.25) is 0 Å². The van der Waals surface area contributed by atoms with Gasteiger partial charge in [-0.25, -0.2) is 22.5 Å². The molecule has 0 saturated heterocycles. The zero-order chi connectivity index (χ0) is 25.5. The Morgan fingerprint density at radius 1 is 1.20 bits per heavy atom. The molecular formula is C24H28F3N5O2S. The normalized spacial score (nSPS) is 17.2. The monoisotopic (exact) mass is 507 g/mol. The number of hydrogen-bond acceptors (Lipinski definition) is 6. The first-order chi connectivity index (χ1) is 16.5. The van der Waals surface area contributed by atoms with E-state index < -0.39 is 34.6 Å². The maximum atomic E-state index is 14.7. The predicted molar refractivity (Wildman–Crippen MR) is 132 cm³/mol. The van der Waals surface area contributed by atoms with Gasteiger partial charge in [0.15, 0.2) is 5.49 Å². The van der Waals surface area contributed by atoms with Gasteiger partial charge in [0.05, 0.1) is 29.0 Å². The van der Waals surface area contributed by atoms with E-state index >= 15 is 0 Å². The number of nitrogens with zero attached hydrogens (tertiary/aromatic N) is 5. The van der Waals surface area contributed by atoms with E-state index in [9.17, 15) is 22.3 Å². The molecule has 0 spiro atoms. The zero-order valence-electron chi connectivity index (χ0n) is 19.9. The van der Waals surface area contributed by atoms with Crippen molar-refractivity contribution < 1.29 is 22.3 Å². The molecule has 1 aliphatic rings. The van der Waals surface area contributed by atoms with Crippen LogP contribution in [0.25, 0.3) is 16.5 Å². The number of pyridine rings is 1. The first kappa shape index (κ1) is 25.4. The number of halogens is 3. The fourth-order valence-electron chi connectivity index (χ4n) is 4.14. The minimum Gasteiger partial charge on any atom is -0.331 e. The van der Waals surface area contributed by atoms with E-state index in [1.165, 1.54) is 18.4 Å². The van der Waals surface area contributed by atoms with Crippen molar-refractivity contribution >= 4 is 27.3 Å². The molecule has 1 aliphatic heterocycles. The first-order valence-corrected chi connectivity index (χ1v) is 13.0. The topological polar surface area (TPSA) is 86.8 Å². The van der Waals surface area contributed by atoms with Crippen LogP contribution in [-0.4, -0.2) is 47.3 Å². The van der Waals surface area contributed by atoms with Crippen LogP contribution < -0.4 is 5.49 Å². The highest BCUT2D eigenvalue weighted by molar-refractivity contribution is 8.21. The number of aryl methyl sites for hydroxylation is 2. The summed E-state index contributed by atoms with van der Waals surface area (Å²) in [5.41, 5.74) is 2.25. The van der Waals surface area contributed by atoms with Crippen molar-refractivity contribution in [3.8, 4) is 0 Å². The average molecular weight is 508 g/mol. The van der Waals surface area contributed by atoms with Gasteiger partial charge < -0.3 is 4.57 Å². The van der Waals surface area contributed by atoms with Gasteiger partial charge in [0.25, 0.3) is 6.43 Å². The lowest BCUT2D eigenvalue weighted by atomic mass is 10.0. The second kappa shape index (κ2) is 9.73. The number of fused-ring (bicyclic) bond motifs is 1. The van der Waals surface area contributed by atoms with Crippen LogP contribution >= 0.6 is 10.8 Å². The largest absolute Gasteiger partial charge is 0.331 e. The molecule has 3 aromatic rings. The number of rotatable bonds is 5. The lowest BCUT2D eigenvalue weighted by Crippen LogP contribution is -2.31. The Morgan fingerprint density at radius 2 is 1.91 bits per heavy atom. The molecule has 7 nitrogen and oxygen atoms in total. The molecule has 0 bridgehead atoms. The van der Waals surface area contributed by atoms with Crippen LogP contribution in [0.3, 0.4) is 0 Å². The minimum atomic E-state index is -2.91. The van der Waals surface area contributed by atoms with Crippen molar-refractivity contribution in [2.75, 3.05) is 19.3 Å². The molecule has 0 fully saturated rings. The quantitative estimate of drug-likeness (QED) is 0.483. The molecule has 0 amide bonds. The Morgan fingerprint density at radius 3 is 2.54 bits per heavy atom. The van der Waals surface area contributed by atoms with Gasteiger partial charge in [-0.3, -0.25) is 19.1 Å². The average Bonchev–Trinajstić information content (AvgIpc) is 2.81. The van der Waals surface area contributed by atoms with Gasteiger partial charge in [0, 0.05) is 37.3 Å². The summed E-state index contributed by atoms with van der Waals surface area (Å²) < 4.78 is 64.4. The highest BCUT2D eigenvalue weighted by Crippen LogP contribution is 2.41. The predicted octanol–water partition coefficient (Wildman–Crippen LogP) is 5.40. The van der Waals surface area contributed by atoms with Crippen molar-refractivity contribution in [1.29, 1.82) is 0 Å². The summed E-state index contributed by atoms with van der Waals surface area (Å²) in [6.45, 7) is 4.34. The molecule has 188 valence electrons. The molecule has 1 aromatic carbocycles. The van der Waals surface area contributed by atoms with E-state index in [4.69, 9.17) is 0 Å². The van der Waals surface area contributed by atoms with Crippen molar-refractivity contribution in [2.45, 2.75) is 32.7 Å². The van der Waals surface area contributed by atoms with Crippen LogP contribution in [-0.2, 0) is 7.05 Å². The molecule has 4 rings (SSSR count). The molecule has 3 heterocycles. The number of benzene rings is 1. The van der Waals surface area contributed by atoms with Crippen LogP contribution in [0.4, 0.5) is 13.2 Å². The van der Waals surface area contributed by atoms with Crippen LogP contribution in [0, 0.1) is 12.7 Å². The molecule has 2 N–H and O–H groups in total. The van der Waals surface area contributed by atoms with Gasteiger partial charge in [-0.1, -0.05) is 24.3 Å². The molecule has 35 heavy (non-hydrogen) atoms. The molecule has 1 atom stereocenters. The number of aromatic nitrogens is 3. The summed E-state index contributed by atoms with van der Waals surface area (Å²) in [6.07, 6.45) is 2.72. The highest BCUT2D eigenvalue weighted by Gasteiger charge is 2.22. The molecule has 11 heteroatoms. The van der Waals surface area contributed by atoms with Gasteiger partial charge in [0.1, 0.15) is 11.6 Å². The van der Waals surface area contributed by atoms with Gasteiger partial charge in [-0.05, 0) is 31.9 Å². The maximum Gasteiger partial charge on any atom is 0.266 e. The van der Waals surface area contributed by atoms with Crippen LogP contribution in [0.2, 0.25) is 0 Å². The number of hydrogen-bond donors (Lipinski definition) is 2. The fraction of sp³-hybridized carbons (Fsp3) is 0.375. The van der Waals surface area contributed by atoms with Crippen molar-refractivity contribution in [3.63, 3.8) is 0 Å². The van der Waals surface area contributed by atoms with Crippen molar-refractivity contribution in [3.05, 3.63) is 70.5 Å². The molecule has 2 aromatic heterocycles. The number of alkyl halides is 2. The van der Waals surface area contributed by atoms with Crippen LogP contribution in [0.1, 0.15) is 48.5 Å². The van der Waals surface area contributed by atoms with Crippen molar-refractivity contribution in [2.24, 2.45) is 12.0 Å². The summed E-state index contributed by atoms with van der Waals surface area (Å²) in [5.74, 6) is -0.289.